The summed E-state index contributed by atoms with van der Waals surface area (Å²) < 4.78 is 4.13. The summed E-state index contributed by atoms with van der Waals surface area (Å²) in [6.07, 6.45) is 2.33. The second-order valence-corrected chi connectivity index (χ2v) is 5.92. The molecule has 3 nitrogen and oxygen atoms in total. The van der Waals surface area contributed by atoms with E-state index in [-0.39, 0.29) is 5.41 Å². The molecule has 4 heteroatoms. The third kappa shape index (κ3) is 3.25. The molecule has 1 unspecified atom stereocenters. The highest BCUT2D eigenvalue weighted by atomic mass is 32.1. The molecule has 0 amide bonds. The number of nitrogens with one attached hydrogen (secondary N) is 1. The van der Waals surface area contributed by atoms with Gasteiger partial charge in [0.25, 0.3) is 0 Å². The second kappa shape index (κ2) is 5.73. The molecule has 1 heterocycles. The van der Waals surface area contributed by atoms with E-state index in [9.17, 15) is 0 Å². The first-order valence-corrected chi connectivity index (χ1v) is 6.84. The Hall–Kier alpha value is -0.480. The van der Waals surface area contributed by atoms with E-state index in [4.69, 9.17) is 0 Å². The Bertz CT molecular complexity index is 308. The number of hydrogen-bond donors (Lipinski definition) is 1. The Morgan fingerprint density at radius 3 is 2.50 bits per heavy atom. The van der Waals surface area contributed by atoms with E-state index in [0.29, 0.717) is 6.04 Å². The summed E-state index contributed by atoms with van der Waals surface area (Å²) in [5.41, 5.74) is 1.24. The fraction of sp³-hybridized carbons (Fsp3) is 0.833. The molecule has 1 aromatic rings. The molecule has 16 heavy (non-hydrogen) atoms. The van der Waals surface area contributed by atoms with Crippen LogP contribution in [-0.4, -0.2) is 16.1 Å². The van der Waals surface area contributed by atoms with Crippen LogP contribution in [0.5, 0.6) is 0 Å². The minimum atomic E-state index is 0.0870. The summed E-state index contributed by atoms with van der Waals surface area (Å²) in [4.78, 5) is 1.32. The van der Waals surface area contributed by atoms with Gasteiger partial charge < -0.3 is 5.32 Å². The van der Waals surface area contributed by atoms with Crippen molar-refractivity contribution in [3.8, 4) is 0 Å². The summed E-state index contributed by atoms with van der Waals surface area (Å²) in [6, 6.07) is 0.421. The van der Waals surface area contributed by atoms with Gasteiger partial charge in [0, 0.05) is 11.5 Å². The van der Waals surface area contributed by atoms with Crippen LogP contribution in [0.3, 0.4) is 0 Å². The van der Waals surface area contributed by atoms with Crippen LogP contribution in [0, 0.1) is 0 Å². The van der Waals surface area contributed by atoms with Gasteiger partial charge in [-0.2, -0.15) is 0 Å². The van der Waals surface area contributed by atoms with Crippen LogP contribution in [0.25, 0.3) is 0 Å². The molecule has 92 valence electrons. The van der Waals surface area contributed by atoms with Gasteiger partial charge in [0.15, 0.2) is 0 Å². The molecule has 0 saturated heterocycles. The van der Waals surface area contributed by atoms with Gasteiger partial charge >= 0.3 is 0 Å². The zero-order valence-corrected chi connectivity index (χ0v) is 11.8. The lowest BCUT2D eigenvalue weighted by Crippen LogP contribution is -2.24. The summed E-state index contributed by atoms with van der Waals surface area (Å²) in [6.45, 7) is 11.9. The highest BCUT2D eigenvalue weighted by Crippen LogP contribution is 2.32. The van der Waals surface area contributed by atoms with Crippen molar-refractivity contribution in [3.63, 3.8) is 0 Å². The van der Waals surface area contributed by atoms with Crippen molar-refractivity contribution in [2.75, 3.05) is 6.54 Å². The van der Waals surface area contributed by atoms with Gasteiger partial charge in [-0.3, -0.25) is 0 Å². The molecular weight excluding hydrogens is 218 g/mol. The molecule has 0 saturated carbocycles. The standard InChI is InChI=1S/C12H23N3S/c1-6-8-9(13-7-2)10-11(12(3,4)5)14-15-16-10/h9,13H,6-8H2,1-5H3. The van der Waals surface area contributed by atoms with E-state index in [1.165, 1.54) is 11.3 Å². The zero-order valence-electron chi connectivity index (χ0n) is 11.0. The van der Waals surface area contributed by atoms with Crippen LogP contribution in [-0.2, 0) is 5.41 Å². The Morgan fingerprint density at radius 1 is 1.31 bits per heavy atom. The minimum Gasteiger partial charge on any atom is -0.309 e. The maximum Gasteiger partial charge on any atom is 0.0857 e. The smallest absolute Gasteiger partial charge is 0.0857 e. The topological polar surface area (TPSA) is 37.8 Å². The summed E-state index contributed by atoms with van der Waals surface area (Å²) in [5.74, 6) is 0. The fourth-order valence-electron chi connectivity index (χ4n) is 1.81. The largest absolute Gasteiger partial charge is 0.309 e. The molecule has 1 rings (SSSR count). The van der Waals surface area contributed by atoms with Gasteiger partial charge in [-0.15, -0.1) is 5.10 Å². The van der Waals surface area contributed by atoms with E-state index in [2.05, 4.69) is 49.5 Å². The van der Waals surface area contributed by atoms with Gasteiger partial charge in [0.2, 0.25) is 0 Å². The first kappa shape index (κ1) is 13.6. The van der Waals surface area contributed by atoms with Crippen LogP contribution in [0.15, 0.2) is 0 Å². The van der Waals surface area contributed by atoms with E-state index < -0.39 is 0 Å². The SMILES string of the molecule is CCCC(NCC)c1snnc1C(C)(C)C. The van der Waals surface area contributed by atoms with Crippen molar-refractivity contribution >= 4 is 11.5 Å². The van der Waals surface area contributed by atoms with Gasteiger partial charge in [-0.1, -0.05) is 45.5 Å². The number of nitrogens with zero attached hydrogens (tertiary/aromatic N) is 2. The molecule has 1 atom stereocenters. The quantitative estimate of drug-likeness (QED) is 0.859. The molecular formula is C12H23N3S. The zero-order chi connectivity index (χ0) is 12.2. The van der Waals surface area contributed by atoms with E-state index in [1.807, 2.05) is 0 Å². The van der Waals surface area contributed by atoms with Crippen LogP contribution in [0.4, 0.5) is 0 Å². The van der Waals surface area contributed by atoms with E-state index in [1.54, 1.807) is 11.5 Å². The highest BCUT2D eigenvalue weighted by Gasteiger charge is 2.26. The molecule has 0 spiro atoms. The first-order valence-electron chi connectivity index (χ1n) is 6.06. The number of hydrogen-bond acceptors (Lipinski definition) is 4. The Kier molecular flexibility index (Phi) is 4.87. The van der Waals surface area contributed by atoms with Crippen molar-refractivity contribution in [1.29, 1.82) is 0 Å². The Morgan fingerprint density at radius 2 is 2.00 bits per heavy atom. The molecule has 0 aliphatic rings. The monoisotopic (exact) mass is 241 g/mol. The maximum atomic E-state index is 4.30. The fourth-order valence-corrected chi connectivity index (χ4v) is 2.78. The van der Waals surface area contributed by atoms with Gasteiger partial charge in [0.05, 0.1) is 10.6 Å². The van der Waals surface area contributed by atoms with Crippen LogP contribution in [0.2, 0.25) is 0 Å². The molecule has 0 fully saturated rings. The van der Waals surface area contributed by atoms with Gasteiger partial charge in [0.1, 0.15) is 0 Å². The highest BCUT2D eigenvalue weighted by molar-refractivity contribution is 7.05. The molecule has 1 N–H and O–H groups in total. The van der Waals surface area contributed by atoms with Crippen LogP contribution in [0.1, 0.15) is 64.1 Å². The molecule has 0 aliphatic heterocycles. The lowest BCUT2D eigenvalue weighted by atomic mass is 9.89. The van der Waals surface area contributed by atoms with Crippen molar-refractivity contribution in [2.24, 2.45) is 0 Å². The van der Waals surface area contributed by atoms with Crippen LogP contribution >= 0.6 is 11.5 Å². The third-order valence-corrected chi connectivity index (χ3v) is 3.41. The molecule has 0 aromatic carbocycles. The average Bonchev–Trinajstić information content (AvgIpc) is 2.65. The summed E-state index contributed by atoms with van der Waals surface area (Å²) in [7, 11) is 0. The van der Waals surface area contributed by atoms with Crippen molar-refractivity contribution in [3.05, 3.63) is 10.6 Å². The molecule has 0 radical (unpaired) electrons. The molecule has 0 bridgehead atoms. The second-order valence-electron chi connectivity index (χ2n) is 5.13. The van der Waals surface area contributed by atoms with Gasteiger partial charge in [-0.25, -0.2) is 0 Å². The number of aromatic nitrogens is 2. The van der Waals surface area contributed by atoms with Gasteiger partial charge in [-0.05, 0) is 24.5 Å². The van der Waals surface area contributed by atoms with Crippen molar-refractivity contribution in [2.45, 2.75) is 58.9 Å². The average molecular weight is 241 g/mol. The van der Waals surface area contributed by atoms with Crippen LogP contribution < -0.4 is 5.32 Å². The molecule has 0 aliphatic carbocycles. The Labute approximate surface area is 103 Å². The third-order valence-electron chi connectivity index (χ3n) is 2.57. The maximum absolute atomic E-state index is 4.30. The minimum absolute atomic E-state index is 0.0870. The van der Waals surface area contributed by atoms with E-state index >= 15 is 0 Å². The first-order chi connectivity index (χ1) is 7.50. The molecule has 1 aromatic heterocycles. The predicted octanol–water partition coefficient (Wildman–Crippen LogP) is 3.29. The summed E-state index contributed by atoms with van der Waals surface area (Å²) in [5, 5.41) is 7.83. The lowest BCUT2D eigenvalue weighted by Gasteiger charge is -2.22. The van der Waals surface area contributed by atoms with Crippen molar-refractivity contribution < 1.29 is 0 Å². The van der Waals surface area contributed by atoms with Crippen molar-refractivity contribution in [1.82, 2.24) is 14.9 Å². The normalized spacial score (nSPS) is 14.1. The lowest BCUT2D eigenvalue weighted by molar-refractivity contribution is 0.490. The number of rotatable bonds is 5. The van der Waals surface area contributed by atoms with E-state index in [0.717, 1.165) is 18.7 Å². The predicted molar refractivity (Wildman–Crippen MR) is 69.9 cm³/mol. The Balaban J connectivity index is 2.95. The summed E-state index contributed by atoms with van der Waals surface area (Å²) >= 11 is 1.54.